The summed E-state index contributed by atoms with van der Waals surface area (Å²) in [6.07, 6.45) is 3.76. The Morgan fingerprint density at radius 2 is 2.18 bits per heavy atom. The number of nitrogens with zero attached hydrogens (tertiary/aromatic N) is 2. The van der Waals surface area contributed by atoms with E-state index >= 15 is 0 Å². The Kier molecular flexibility index (Phi) is 3.53. The van der Waals surface area contributed by atoms with Gasteiger partial charge in [0.25, 0.3) is 0 Å². The lowest BCUT2D eigenvalue weighted by Crippen LogP contribution is -2.24. The lowest BCUT2D eigenvalue weighted by molar-refractivity contribution is 0.521. The van der Waals surface area contributed by atoms with Crippen molar-refractivity contribution < 1.29 is 0 Å². The Labute approximate surface area is 103 Å². The molecule has 1 atom stereocenters. The van der Waals surface area contributed by atoms with Crippen molar-refractivity contribution in [3.63, 3.8) is 0 Å². The summed E-state index contributed by atoms with van der Waals surface area (Å²) >= 11 is 0. The fraction of sp³-hybridized carbons (Fsp3) is 0.500. The summed E-state index contributed by atoms with van der Waals surface area (Å²) in [5, 5.41) is 8.99. The van der Waals surface area contributed by atoms with Gasteiger partial charge in [0.05, 0.1) is 5.56 Å². The minimum atomic E-state index is 0.569. The van der Waals surface area contributed by atoms with Crippen LogP contribution in [0.3, 0.4) is 0 Å². The van der Waals surface area contributed by atoms with Gasteiger partial charge in [-0.3, -0.25) is 0 Å². The third-order valence-corrected chi connectivity index (χ3v) is 3.54. The van der Waals surface area contributed by atoms with E-state index < -0.39 is 0 Å². The molecule has 1 aliphatic rings. The predicted octanol–water partition coefficient (Wildman–Crippen LogP) is 2.77. The van der Waals surface area contributed by atoms with Gasteiger partial charge in [0, 0.05) is 24.5 Å². The van der Waals surface area contributed by atoms with Crippen molar-refractivity contribution in [1.29, 1.82) is 5.26 Å². The number of nitrogen functional groups attached to an aromatic ring is 1. The molecule has 1 fully saturated rings. The predicted molar refractivity (Wildman–Crippen MR) is 70.8 cm³/mol. The normalized spacial score (nSPS) is 20.7. The number of rotatable bonds is 1. The largest absolute Gasteiger partial charge is 0.398 e. The zero-order valence-electron chi connectivity index (χ0n) is 10.3. The lowest BCUT2D eigenvalue weighted by atomic mass is 10.0. The van der Waals surface area contributed by atoms with Crippen LogP contribution in [-0.2, 0) is 0 Å². The molecular formula is C14H19N3. The molecule has 1 aromatic carbocycles. The first-order chi connectivity index (χ1) is 8.20. The highest BCUT2D eigenvalue weighted by Crippen LogP contribution is 2.25. The van der Waals surface area contributed by atoms with Crippen molar-refractivity contribution in [3.8, 4) is 6.07 Å². The molecule has 3 nitrogen and oxygen atoms in total. The summed E-state index contributed by atoms with van der Waals surface area (Å²) in [4.78, 5) is 2.36. The highest BCUT2D eigenvalue weighted by Gasteiger charge is 2.14. The highest BCUT2D eigenvalue weighted by molar-refractivity contribution is 5.62. The third kappa shape index (κ3) is 2.71. The van der Waals surface area contributed by atoms with E-state index in [4.69, 9.17) is 11.0 Å². The molecule has 0 radical (unpaired) electrons. The molecule has 3 heteroatoms. The molecule has 2 N–H and O–H groups in total. The summed E-state index contributed by atoms with van der Waals surface area (Å²) in [5.74, 6) is 0.809. The fourth-order valence-electron chi connectivity index (χ4n) is 2.36. The lowest BCUT2D eigenvalue weighted by Gasteiger charge is -2.23. The highest BCUT2D eigenvalue weighted by atomic mass is 15.1. The van der Waals surface area contributed by atoms with Crippen molar-refractivity contribution in [2.45, 2.75) is 26.2 Å². The Hall–Kier alpha value is -1.69. The van der Waals surface area contributed by atoms with Crippen LogP contribution in [0, 0.1) is 17.2 Å². The van der Waals surface area contributed by atoms with Crippen molar-refractivity contribution in [3.05, 3.63) is 23.8 Å². The molecule has 1 saturated heterocycles. The van der Waals surface area contributed by atoms with Crippen molar-refractivity contribution in [2.75, 3.05) is 23.7 Å². The molecule has 2 rings (SSSR count). The topological polar surface area (TPSA) is 53.0 Å². The maximum Gasteiger partial charge on any atom is 0.101 e. The van der Waals surface area contributed by atoms with E-state index in [0.29, 0.717) is 11.3 Å². The molecule has 1 unspecified atom stereocenters. The van der Waals surface area contributed by atoms with Gasteiger partial charge in [-0.2, -0.15) is 5.26 Å². The van der Waals surface area contributed by atoms with Crippen LogP contribution < -0.4 is 10.6 Å². The number of hydrogen-bond acceptors (Lipinski definition) is 3. The number of anilines is 2. The number of hydrogen-bond donors (Lipinski definition) is 1. The molecule has 17 heavy (non-hydrogen) atoms. The molecule has 0 spiro atoms. The molecule has 1 aromatic rings. The van der Waals surface area contributed by atoms with Gasteiger partial charge in [-0.15, -0.1) is 0 Å². The van der Waals surface area contributed by atoms with Crippen molar-refractivity contribution in [2.24, 2.45) is 5.92 Å². The molecule has 0 amide bonds. The quantitative estimate of drug-likeness (QED) is 0.753. The number of nitrogens with two attached hydrogens (primary N) is 1. The van der Waals surface area contributed by atoms with Crippen molar-refractivity contribution in [1.82, 2.24) is 0 Å². The Morgan fingerprint density at radius 1 is 1.35 bits per heavy atom. The first-order valence-corrected chi connectivity index (χ1v) is 6.25. The van der Waals surface area contributed by atoms with E-state index in [0.717, 1.165) is 24.7 Å². The molecular weight excluding hydrogens is 210 g/mol. The molecule has 0 bridgehead atoms. The summed E-state index contributed by atoms with van der Waals surface area (Å²) in [6.45, 7) is 4.47. The number of nitriles is 1. The van der Waals surface area contributed by atoms with E-state index in [-0.39, 0.29) is 0 Å². The second-order valence-corrected chi connectivity index (χ2v) is 4.91. The Balaban J connectivity index is 2.19. The van der Waals surface area contributed by atoms with Crippen LogP contribution >= 0.6 is 0 Å². The van der Waals surface area contributed by atoms with Gasteiger partial charge in [0.1, 0.15) is 6.07 Å². The Morgan fingerprint density at radius 3 is 2.94 bits per heavy atom. The Bertz CT molecular complexity index is 434. The van der Waals surface area contributed by atoms with E-state index in [1.807, 2.05) is 18.2 Å². The molecule has 1 heterocycles. The maximum atomic E-state index is 8.99. The summed E-state index contributed by atoms with van der Waals surface area (Å²) in [7, 11) is 0. The standard InChI is InChI=1S/C14H19N3/c1-11-3-2-7-17(8-6-11)13-4-5-14(16)12(9-13)10-15/h4-5,9,11H,2-3,6-8,16H2,1H3. The number of benzene rings is 1. The minimum Gasteiger partial charge on any atom is -0.398 e. The van der Waals surface area contributed by atoms with Crippen LogP contribution in [0.2, 0.25) is 0 Å². The first kappa shape index (κ1) is 11.8. The van der Waals surface area contributed by atoms with Crippen LogP contribution in [0.4, 0.5) is 11.4 Å². The van der Waals surface area contributed by atoms with Gasteiger partial charge in [-0.05, 0) is 43.4 Å². The average Bonchev–Trinajstić information content (AvgIpc) is 2.55. The summed E-state index contributed by atoms with van der Waals surface area (Å²) in [5.41, 5.74) is 8.02. The molecule has 0 saturated carbocycles. The fourth-order valence-corrected chi connectivity index (χ4v) is 2.36. The van der Waals surface area contributed by atoms with Gasteiger partial charge in [0.15, 0.2) is 0 Å². The second kappa shape index (κ2) is 5.09. The van der Waals surface area contributed by atoms with Crippen LogP contribution in [0.5, 0.6) is 0 Å². The van der Waals surface area contributed by atoms with E-state index in [2.05, 4.69) is 17.9 Å². The monoisotopic (exact) mass is 229 g/mol. The summed E-state index contributed by atoms with van der Waals surface area (Å²) in [6, 6.07) is 7.91. The van der Waals surface area contributed by atoms with Crippen LogP contribution in [-0.4, -0.2) is 13.1 Å². The summed E-state index contributed by atoms with van der Waals surface area (Å²) < 4.78 is 0. The van der Waals surface area contributed by atoms with Gasteiger partial charge in [0.2, 0.25) is 0 Å². The molecule has 90 valence electrons. The minimum absolute atomic E-state index is 0.569. The van der Waals surface area contributed by atoms with Gasteiger partial charge in [-0.1, -0.05) is 6.92 Å². The zero-order chi connectivity index (χ0) is 12.3. The van der Waals surface area contributed by atoms with Crippen LogP contribution in [0.25, 0.3) is 0 Å². The smallest absolute Gasteiger partial charge is 0.101 e. The van der Waals surface area contributed by atoms with E-state index in [9.17, 15) is 0 Å². The average molecular weight is 229 g/mol. The first-order valence-electron chi connectivity index (χ1n) is 6.25. The van der Waals surface area contributed by atoms with E-state index in [1.54, 1.807) is 0 Å². The second-order valence-electron chi connectivity index (χ2n) is 4.91. The maximum absolute atomic E-state index is 8.99. The molecule has 1 aliphatic heterocycles. The SMILES string of the molecule is CC1CCCN(c2ccc(N)c(C#N)c2)CC1. The van der Waals surface area contributed by atoms with Gasteiger partial charge >= 0.3 is 0 Å². The zero-order valence-corrected chi connectivity index (χ0v) is 10.3. The van der Waals surface area contributed by atoms with Gasteiger partial charge in [-0.25, -0.2) is 0 Å². The molecule has 0 aliphatic carbocycles. The van der Waals surface area contributed by atoms with Crippen molar-refractivity contribution >= 4 is 11.4 Å². The third-order valence-electron chi connectivity index (χ3n) is 3.54. The molecule has 0 aromatic heterocycles. The van der Waals surface area contributed by atoms with Crippen LogP contribution in [0.1, 0.15) is 31.7 Å². The van der Waals surface area contributed by atoms with Gasteiger partial charge < -0.3 is 10.6 Å². The van der Waals surface area contributed by atoms with Crippen LogP contribution in [0.15, 0.2) is 18.2 Å². The van der Waals surface area contributed by atoms with E-state index in [1.165, 1.54) is 19.3 Å².